The number of hydrogen-bond donors (Lipinski definition) is 10. The number of amides is 2. The summed E-state index contributed by atoms with van der Waals surface area (Å²) in [4.78, 5) is 109. The van der Waals surface area contributed by atoms with Gasteiger partial charge in [-0.1, -0.05) is 25.6 Å². The zero-order valence-electron chi connectivity index (χ0n) is 31.2. The predicted molar refractivity (Wildman–Crippen MR) is 198 cm³/mol. The summed E-state index contributed by atoms with van der Waals surface area (Å²) in [5, 5.41) is 34.6. The van der Waals surface area contributed by atoms with Gasteiger partial charge >= 0.3 is 29.4 Å². The standard InChI is InChI=1S/C28H44N7O20P3S/c1-28(2,23(42)26(43)31-7-6-17(37)30-8-9-59-19(40)5-3-4-15(36)10-18(38)39)12-52-58(49,50)55-57(47,48)51-11-16-22(54-56(44,45)46)21(41)27(53-16)35-14-34-20-24(29)32-13-33-25(20)35/h13-14,16,21-23,27,41-42H,3-12H2,1-2H3,(H,30,37)(H,31,43)(H,38,39)(H,47,48)(H,49,50)(H2,29,32,33)(H2,44,45,46)/t16-,21-,22-,23+,27-/m1/s1. The van der Waals surface area contributed by atoms with Crippen molar-refractivity contribution >= 4 is 80.9 Å². The van der Waals surface area contributed by atoms with Crippen LogP contribution in [0.1, 0.15) is 52.2 Å². The van der Waals surface area contributed by atoms with Crippen molar-refractivity contribution in [3.8, 4) is 0 Å². The third kappa shape index (κ3) is 16.2. The Bertz CT molecular complexity index is 1980. The van der Waals surface area contributed by atoms with Crippen LogP contribution in [-0.2, 0) is 60.3 Å². The number of Topliss-reactive ketones (excluding diaryl/α,β-unsaturated/α-hetero) is 1. The second-order valence-corrected chi connectivity index (χ2v) is 18.6. The molecular weight excluding hydrogens is 879 g/mol. The molecule has 0 bridgehead atoms. The number of fused-ring (bicyclic) bond motifs is 1. The van der Waals surface area contributed by atoms with Gasteiger partial charge in [-0.25, -0.2) is 28.6 Å². The first-order valence-corrected chi connectivity index (χ1v) is 22.6. The summed E-state index contributed by atoms with van der Waals surface area (Å²) in [6.07, 6.45) is -7.54. The predicted octanol–water partition coefficient (Wildman–Crippen LogP) is -1.12. The minimum absolute atomic E-state index is 0.0161. The Labute approximate surface area is 338 Å². The Morgan fingerprint density at radius 2 is 1.68 bits per heavy atom. The van der Waals surface area contributed by atoms with Crippen molar-refractivity contribution in [3.63, 3.8) is 0 Å². The maximum absolute atomic E-state index is 12.7. The molecule has 1 aliphatic rings. The summed E-state index contributed by atoms with van der Waals surface area (Å²) in [6.45, 7) is 0.191. The lowest BCUT2D eigenvalue weighted by Gasteiger charge is -2.30. The van der Waals surface area contributed by atoms with Crippen LogP contribution < -0.4 is 16.4 Å². The quantitative estimate of drug-likeness (QED) is 0.0320. The van der Waals surface area contributed by atoms with Crippen LogP contribution in [-0.4, -0.2) is 140 Å². The summed E-state index contributed by atoms with van der Waals surface area (Å²) < 4.78 is 62.0. The van der Waals surface area contributed by atoms with Gasteiger partial charge in [0.15, 0.2) is 22.8 Å². The van der Waals surface area contributed by atoms with Crippen LogP contribution in [0.5, 0.6) is 0 Å². The number of carbonyl (C=O) groups excluding carboxylic acids is 4. The number of hydrogen-bond acceptors (Lipinski definition) is 20. The second-order valence-electron chi connectivity index (χ2n) is 13.3. The van der Waals surface area contributed by atoms with Crippen LogP contribution in [0.15, 0.2) is 12.7 Å². The van der Waals surface area contributed by atoms with Crippen molar-refractivity contribution in [1.82, 2.24) is 30.2 Å². The van der Waals surface area contributed by atoms with Crippen molar-refractivity contribution in [2.75, 3.05) is 37.8 Å². The fourth-order valence-electron chi connectivity index (χ4n) is 5.05. The van der Waals surface area contributed by atoms with Crippen LogP contribution in [0.4, 0.5) is 5.82 Å². The molecule has 1 aliphatic heterocycles. The van der Waals surface area contributed by atoms with E-state index in [1.165, 1.54) is 13.8 Å². The van der Waals surface area contributed by atoms with Gasteiger partial charge in [-0.2, -0.15) is 4.31 Å². The molecular formula is C28H44N7O20P3S. The summed E-state index contributed by atoms with van der Waals surface area (Å²) in [5.41, 5.74) is 4.19. The average molecular weight is 924 g/mol. The first-order valence-electron chi connectivity index (χ1n) is 17.1. The molecule has 31 heteroatoms. The molecule has 59 heavy (non-hydrogen) atoms. The number of ketones is 1. The molecule has 3 heterocycles. The fourth-order valence-corrected chi connectivity index (χ4v) is 8.60. The lowest BCUT2D eigenvalue weighted by atomic mass is 9.87. The topological polar surface area (TPSA) is 418 Å². The molecule has 0 aromatic carbocycles. The number of thioether (sulfide) groups is 1. The number of rotatable bonds is 25. The van der Waals surface area contributed by atoms with E-state index < -0.39 is 103 Å². The van der Waals surface area contributed by atoms with Gasteiger partial charge in [0.25, 0.3) is 0 Å². The largest absolute Gasteiger partial charge is 0.481 e. The number of carboxylic acid groups (broad SMARTS) is 1. The zero-order chi connectivity index (χ0) is 44.3. The molecule has 1 fully saturated rings. The molecule has 2 unspecified atom stereocenters. The van der Waals surface area contributed by atoms with E-state index in [1.54, 1.807) is 0 Å². The molecule has 2 aromatic heterocycles. The van der Waals surface area contributed by atoms with Crippen molar-refractivity contribution < 1.29 is 95.2 Å². The van der Waals surface area contributed by atoms with E-state index in [4.69, 9.17) is 24.6 Å². The number of aliphatic hydroxyl groups excluding tert-OH is 2. The normalized spacial score (nSPS) is 21.0. The minimum Gasteiger partial charge on any atom is -0.481 e. The van der Waals surface area contributed by atoms with Gasteiger partial charge in [0.1, 0.15) is 48.5 Å². The van der Waals surface area contributed by atoms with Crippen LogP contribution in [0, 0.1) is 5.41 Å². The molecule has 0 radical (unpaired) electrons. The van der Waals surface area contributed by atoms with E-state index >= 15 is 0 Å². The minimum atomic E-state index is -5.60. The Balaban J connectivity index is 1.43. The van der Waals surface area contributed by atoms with E-state index in [-0.39, 0.29) is 66.6 Å². The van der Waals surface area contributed by atoms with Gasteiger partial charge in [0, 0.05) is 43.5 Å². The van der Waals surface area contributed by atoms with E-state index in [0.29, 0.717) is 0 Å². The highest BCUT2D eigenvalue weighted by Crippen LogP contribution is 2.61. The van der Waals surface area contributed by atoms with Crippen molar-refractivity contribution in [2.24, 2.45) is 5.41 Å². The molecule has 0 spiro atoms. The smallest absolute Gasteiger partial charge is 0.481 e. The number of nitrogen functional groups attached to an aromatic ring is 1. The number of carbonyl (C=O) groups is 5. The molecule has 11 N–H and O–H groups in total. The van der Waals surface area contributed by atoms with Crippen LogP contribution in [0.25, 0.3) is 11.2 Å². The number of nitrogens with one attached hydrogen (secondary N) is 2. The van der Waals surface area contributed by atoms with Crippen LogP contribution in [0.3, 0.4) is 0 Å². The number of phosphoric acid groups is 3. The molecule has 7 atom stereocenters. The van der Waals surface area contributed by atoms with E-state index in [2.05, 4.69) is 34.4 Å². The second kappa shape index (κ2) is 21.5. The Kier molecular flexibility index (Phi) is 18.2. The van der Waals surface area contributed by atoms with Gasteiger partial charge in [0.2, 0.25) is 11.8 Å². The molecule has 332 valence electrons. The van der Waals surface area contributed by atoms with Gasteiger partial charge in [-0.05, 0) is 6.42 Å². The number of aliphatic hydroxyl groups is 2. The maximum atomic E-state index is 12.7. The van der Waals surface area contributed by atoms with Crippen molar-refractivity contribution in [3.05, 3.63) is 12.7 Å². The molecule has 27 nitrogen and oxygen atoms in total. The summed E-state index contributed by atoms with van der Waals surface area (Å²) >= 11 is 0.908. The van der Waals surface area contributed by atoms with E-state index in [9.17, 15) is 67.5 Å². The Hall–Kier alpha value is -3.30. The van der Waals surface area contributed by atoms with Crippen molar-refractivity contribution in [1.29, 1.82) is 0 Å². The van der Waals surface area contributed by atoms with E-state index in [0.717, 1.165) is 29.0 Å². The number of nitrogens with two attached hydrogens (primary N) is 1. The lowest BCUT2D eigenvalue weighted by molar-refractivity contribution is -0.140. The Morgan fingerprint density at radius 1 is 1.00 bits per heavy atom. The number of aliphatic carboxylic acids is 1. The number of phosphoric ester groups is 3. The van der Waals surface area contributed by atoms with Crippen LogP contribution >= 0.6 is 35.2 Å². The lowest BCUT2D eigenvalue weighted by Crippen LogP contribution is -2.46. The fraction of sp³-hybridized carbons (Fsp3) is 0.643. The number of carboxylic acids is 1. The SMILES string of the molecule is CC(C)(COP(=O)(O)OP(=O)(O)OC[C@H]1O[C@@H](n2cnc3c(N)ncnc32)[C@H](O)[C@@H]1OP(=O)(O)O)[C@@H](O)C(=O)NCCC(=O)NCCSC(=O)CCCC(=O)CC(=O)O. The molecule has 0 saturated carbocycles. The first kappa shape index (κ1) is 50.1. The van der Waals surface area contributed by atoms with Gasteiger partial charge < -0.3 is 56.0 Å². The van der Waals surface area contributed by atoms with Crippen LogP contribution in [0.2, 0.25) is 0 Å². The number of aromatic nitrogens is 4. The first-order chi connectivity index (χ1) is 27.3. The third-order valence-electron chi connectivity index (χ3n) is 7.95. The summed E-state index contributed by atoms with van der Waals surface area (Å²) in [7, 11) is -16.5. The van der Waals surface area contributed by atoms with Gasteiger partial charge in [-0.15, -0.1) is 0 Å². The zero-order valence-corrected chi connectivity index (χ0v) is 34.7. The number of ether oxygens (including phenoxy) is 1. The highest BCUT2D eigenvalue weighted by molar-refractivity contribution is 8.13. The monoisotopic (exact) mass is 923 g/mol. The third-order valence-corrected chi connectivity index (χ3v) is 12.0. The summed E-state index contributed by atoms with van der Waals surface area (Å²) in [5.74, 6) is -3.13. The van der Waals surface area contributed by atoms with E-state index in [1.807, 2.05) is 0 Å². The molecule has 0 aliphatic carbocycles. The highest BCUT2D eigenvalue weighted by atomic mass is 32.2. The average Bonchev–Trinajstić information content (AvgIpc) is 3.67. The summed E-state index contributed by atoms with van der Waals surface area (Å²) in [6, 6.07) is 0. The van der Waals surface area contributed by atoms with Crippen molar-refractivity contribution in [2.45, 2.75) is 76.6 Å². The highest BCUT2D eigenvalue weighted by Gasteiger charge is 2.50. The maximum Gasteiger partial charge on any atom is 0.481 e. The van der Waals surface area contributed by atoms with Gasteiger partial charge in [-0.3, -0.25) is 42.1 Å². The number of imidazole rings is 1. The molecule has 2 aromatic rings. The Morgan fingerprint density at radius 3 is 2.34 bits per heavy atom. The van der Waals surface area contributed by atoms with Gasteiger partial charge in [0.05, 0.1) is 19.5 Å². The molecule has 3 rings (SSSR count). The number of anilines is 1. The molecule has 2 amide bonds. The number of nitrogens with zero attached hydrogens (tertiary/aromatic N) is 4. The molecule has 1 saturated heterocycles.